The standard InChI is InChI=1S/C35H53N2/c1-2-3-4-5-6-7-8-9-10-11-12-13-14-15-16-17-24-29-36-30-31-37(34-27-22-19-23-28-34)35(36)32-33-25-20-18-21-26-33/h18-23,25-28,30-31H,2-17,24,29,32H2,1H3/q+1. The summed E-state index contributed by atoms with van der Waals surface area (Å²) in [5.41, 5.74) is 2.61. The Balaban J connectivity index is 1.27. The van der Waals surface area contributed by atoms with Gasteiger partial charge in [-0.2, -0.15) is 4.57 Å². The number of benzene rings is 2. The summed E-state index contributed by atoms with van der Waals surface area (Å²) in [6.45, 7) is 3.41. The highest BCUT2D eigenvalue weighted by Gasteiger charge is 2.19. The number of hydrogen-bond acceptors (Lipinski definition) is 0. The van der Waals surface area contributed by atoms with Crippen LogP contribution in [0.5, 0.6) is 0 Å². The molecule has 0 fully saturated rings. The molecule has 202 valence electrons. The largest absolute Gasteiger partial charge is 0.266 e. The Labute approximate surface area is 228 Å². The van der Waals surface area contributed by atoms with Gasteiger partial charge in [0.2, 0.25) is 0 Å². The molecule has 0 atom stereocenters. The molecule has 2 heteroatoms. The van der Waals surface area contributed by atoms with Crippen LogP contribution >= 0.6 is 0 Å². The van der Waals surface area contributed by atoms with Crippen molar-refractivity contribution in [1.82, 2.24) is 4.57 Å². The summed E-state index contributed by atoms with van der Waals surface area (Å²) in [4.78, 5) is 0. The lowest BCUT2D eigenvalue weighted by Gasteiger charge is -2.06. The molecule has 1 aromatic heterocycles. The van der Waals surface area contributed by atoms with Crippen molar-refractivity contribution in [3.8, 4) is 5.69 Å². The van der Waals surface area contributed by atoms with Gasteiger partial charge in [0.25, 0.3) is 5.82 Å². The van der Waals surface area contributed by atoms with Crippen LogP contribution in [0.25, 0.3) is 5.69 Å². The first-order valence-electron chi connectivity index (χ1n) is 15.6. The Bertz CT molecular complexity index is 928. The monoisotopic (exact) mass is 501 g/mol. The summed E-state index contributed by atoms with van der Waals surface area (Å²) in [5, 5.41) is 0. The molecule has 3 rings (SSSR count). The molecule has 0 saturated carbocycles. The summed E-state index contributed by atoms with van der Waals surface area (Å²) in [5.74, 6) is 1.37. The lowest BCUT2D eigenvalue weighted by Crippen LogP contribution is -2.37. The molecule has 0 unspecified atom stereocenters. The summed E-state index contributed by atoms with van der Waals surface area (Å²) in [6.07, 6.45) is 29.6. The summed E-state index contributed by atoms with van der Waals surface area (Å²) >= 11 is 0. The lowest BCUT2D eigenvalue weighted by atomic mass is 10.0. The van der Waals surface area contributed by atoms with Crippen molar-refractivity contribution in [3.63, 3.8) is 0 Å². The zero-order chi connectivity index (χ0) is 25.8. The normalized spacial score (nSPS) is 11.3. The molecule has 2 aromatic carbocycles. The van der Waals surface area contributed by atoms with Gasteiger partial charge in [0, 0.05) is 0 Å². The SMILES string of the molecule is CCCCCCCCCCCCCCCCCCC[n+]1ccn(-c2ccccc2)c1Cc1ccccc1. The van der Waals surface area contributed by atoms with Crippen LogP contribution in [0.3, 0.4) is 0 Å². The Morgan fingerprint density at radius 2 is 1.00 bits per heavy atom. The van der Waals surface area contributed by atoms with Gasteiger partial charge in [-0.25, -0.2) is 4.57 Å². The molecule has 0 radical (unpaired) electrons. The fraction of sp³-hybridized carbons (Fsp3) is 0.571. The molecule has 0 N–H and O–H groups in total. The fourth-order valence-electron chi connectivity index (χ4n) is 5.46. The average molecular weight is 502 g/mol. The van der Waals surface area contributed by atoms with Crippen LogP contribution < -0.4 is 4.57 Å². The summed E-state index contributed by atoms with van der Waals surface area (Å²) in [6, 6.07) is 21.6. The first-order chi connectivity index (χ1) is 18.4. The van der Waals surface area contributed by atoms with Crippen molar-refractivity contribution in [3.05, 3.63) is 84.4 Å². The molecule has 0 saturated heterocycles. The number of aryl methyl sites for hydroxylation is 1. The maximum atomic E-state index is 2.48. The molecular weight excluding hydrogens is 448 g/mol. The van der Waals surface area contributed by atoms with E-state index in [4.69, 9.17) is 0 Å². The van der Waals surface area contributed by atoms with Gasteiger partial charge in [0.05, 0.1) is 13.0 Å². The van der Waals surface area contributed by atoms with Crippen LogP contribution in [0.2, 0.25) is 0 Å². The molecular formula is C35H53N2+. The molecule has 0 aliphatic carbocycles. The minimum Gasteiger partial charge on any atom is -0.234 e. The smallest absolute Gasteiger partial charge is 0.234 e. The van der Waals surface area contributed by atoms with Gasteiger partial charge >= 0.3 is 0 Å². The Morgan fingerprint density at radius 3 is 1.51 bits per heavy atom. The Hall–Kier alpha value is -2.35. The number of hydrogen-bond donors (Lipinski definition) is 0. The molecule has 0 amide bonds. The van der Waals surface area contributed by atoms with Crippen molar-refractivity contribution in [2.75, 3.05) is 0 Å². The highest BCUT2D eigenvalue weighted by Crippen LogP contribution is 2.16. The minimum absolute atomic E-state index is 0.960. The number of imidazole rings is 1. The van der Waals surface area contributed by atoms with Crippen molar-refractivity contribution < 1.29 is 4.57 Å². The van der Waals surface area contributed by atoms with E-state index in [0.717, 1.165) is 13.0 Å². The average Bonchev–Trinajstić information content (AvgIpc) is 3.33. The van der Waals surface area contributed by atoms with E-state index in [1.165, 1.54) is 126 Å². The van der Waals surface area contributed by atoms with Gasteiger partial charge in [-0.15, -0.1) is 0 Å². The fourth-order valence-corrected chi connectivity index (χ4v) is 5.46. The van der Waals surface area contributed by atoms with Gasteiger partial charge in [-0.05, 0) is 30.5 Å². The zero-order valence-corrected chi connectivity index (χ0v) is 23.8. The zero-order valence-electron chi connectivity index (χ0n) is 23.8. The third-order valence-corrected chi connectivity index (χ3v) is 7.75. The molecule has 0 aliphatic heterocycles. The van der Waals surface area contributed by atoms with Gasteiger partial charge in [-0.3, -0.25) is 0 Å². The van der Waals surface area contributed by atoms with Crippen molar-refractivity contribution in [1.29, 1.82) is 0 Å². The Morgan fingerprint density at radius 1 is 0.541 bits per heavy atom. The third-order valence-electron chi connectivity index (χ3n) is 7.75. The predicted octanol–water partition coefficient (Wildman–Crippen LogP) is 10.0. The first kappa shape index (κ1) is 29.2. The molecule has 0 spiro atoms. The predicted molar refractivity (Wildman–Crippen MR) is 159 cm³/mol. The second-order valence-corrected chi connectivity index (χ2v) is 10.9. The van der Waals surface area contributed by atoms with E-state index >= 15 is 0 Å². The quantitative estimate of drug-likeness (QED) is 0.101. The molecule has 2 nitrogen and oxygen atoms in total. The highest BCUT2D eigenvalue weighted by atomic mass is 15.1. The van der Waals surface area contributed by atoms with Gasteiger partial charge < -0.3 is 0 Å². The van der Waals surface area contributed by atoms with E-state index in [1.807, 2.05) is 0 Å². The van der Waals surface area contributed by atoms with Crippen LogP contribution in [0, 0.1) is 0 Å². The minimum atomic E-state index is 0.960. The maximum absolute atomic E-state index is 2.48. The maximum Gasteiger partial charge on any atom is 0.266 e. The van der Waals surface area contributed by atoms with Crippen molar-refractivity contribution >= 4 is 0 Å². The molecule has 37 heavy (non-hydrogen) atoms. The van der Waals surface area contributed by atoms with Crippen LogP contribution in [0.15, 0.2) is 73.1 Å². The van der Waals surface area contributed by atoms with E-state index in [-0.39, 0.29) is 0 Å². The number of para-hydroxylation sites is 1. The third kappa shape index (κ3) is 11.7. The number of nitrogens with zero attached hydrogens (tertiary/aromatic N) is 2. The van der Waals surface area contributed by atoms with Crippen molar-refractivity contribution in [2.24, 2.45) is 0 Å². The van der Waals surface area contributed by atoms with Crippen LogP contribution in [-0.4, -0.2) is 4.57 Å². The molecule has 1 heterocycles. The summed E-state index contributed by atoms with van der Waals surface area (Å²) < 4.78 is 4.84. The molecule has 3 aromatic rings. The molecule has 0 aliphatic rings. The van der Waals surface area contributed by atoms with Gasteiger partial charge in [0.1, 0.15) is 18.1 Å². The van der Waals surface area contributed by atoms with Crippen LogP contribution in [0.1, 0.15) is 127 Å². The number of unbranched alkanes of at least 4 members (excludes halogenated alkanes) is 16. The van der Waals surface area contributed by atoms with Gasteiger partial charge in [0.15, 0.2) is 0 Å². The number of rotatable bonds is 21. The van der Waals surface area contributed by atoms with Crippen LogP contribution in [-0.2, 0) is 13.0 Å². The van der Waals surface area contributed by atoms with E-state index in [0.29, 0.717) is 0 Å². The number of aromatic nitrogens is 2. The topological polar surface area (TPSA) is 8.81 Å². The van der Waals surface area contributed by atoms with E-state index in [9.17, 15) is 0 Å². The second-order valence-electron chi connectivity index (χ2n) is 10.9. The van der Waals surface area contributed by atoms with Crippen molar-refractivity contribution in [2.45, 2.75) is 129 Å². The Kier molecular flexibility index (Phi) is 14.9. The lowest BCUT2D eigenvalue weighted by molar-refractivity contribution is -0.703. The van der Waals surface area contributed by atoms with E-state index in [2.05, 4.69) is 89.1 Å². The van der Waals surface area contributed by atoms with E-state index in [1.54, 1.807) is 0 Å². The summed E-state index contributed by atoms with van der Waals surface area (Å²) in [7, 11) is 0. The second kappa shape index (κ2) is 18.8. The van der Waals surface area contributed by atoms with E-state index < -0.39 is 0 Å². The molecule has 0 bridgehead atoms. The van der Waals surface area contributed by atoms with Crippen LogP contribution in [0.4, 0.5) is 0 Å². The van der Waals surface area contributed by atoms with Gasteiger partial charge in [-0.1, -0.05) is 152 Å². The first-order valence-corrected chi connectivity index (χ1v) is 15.6. The highest BCUT2D eigenvalue weighted by molar-refractivity contribution is 5.33.